The highest BCUT2D eigenvalue weighted by Gasteiger charge is 2.04. The van der Waals surface area contributed by atoms with Crippen LogP contribution in [-0.2, 0) is 6.42 Å². The average Bonchev–Trinajstić information content (AvgIpc) is 2.18. The zero-order chi connectivity index (χ0) is 10.6. The van der Waals surface area contributed by atoms with Gasteiger partial charge in [-0.15, -0.1) is 6.58 Å². The zero-order valence-corrected chi connectivity index (χ0v) is 8.14. The number of hydrogen-bond acceptors (Lipinski definition) is 2. The molecule has 1 unspecified atom stereocenters. The van der Waals surface area contributed by atoms with Gasteiger partial charge >= 0.3 is 0 Å². The molecule has 0 bridgehead atoms. The molecule has 0 spiro atoms. The van der Waals surface area contributed by atoms with Crippen molar-refractivity contribution >= 4 is 5.69 Å². The number of hydrogen-bond donors (Lipinski definition) is 0. The molecule has 0 fully saturated rings. The van der Waals surface area contributed by atoms with Crippen LogP contribution in [0.25, 0.3) is 0 Å². The van der Waals surface area contributed by atoms with Gasteiger partial charge in [-0.25, -0.2) is 0 Å². The predicted octanol–water partition coefficient (Wildman–Crippen LogP) is 2.96. The molecule has 0 heterocycles. The maximum Gasteiger partial charge on any atom is 0.269 e. The van der Waals surface area contributed by atoms with E-state index in [-0.39, 0.29) is 10.6 Å². The summed E-state index contributed by atoms with van der Waals surface area (Å²) in [6, 6.07) is 6.65. The topological polar surface area (TPSA) is 43.1 Å². The Labute approximate surface area is 83.2 Å². The lowest BCUT2D eigenvalue weighted by molar-refractivity contribution is -0.384. The molecule has 1 atom stereocenters. The van der Waals surface area contributed by atoms with Crippen LogP contribution < -0.4 is 0 Å². The fourth-order valence-electron chi connectivity index (χ4n) is 1.21. The summed E-state index contributed by atoms with van der Waals surface area (Å²) < 4.78 is 0. The summed E-state index contributed by atoms with van der Waals surface area (Å²) in [4.78, 5) is 9.99. The maximum atomic E-state index is 10.4. The highest BCUT2D eigenvalue weighted by molar-refractivity contribution is 5.33. The van der Waals surface area contributed by atoms with Crippen molar-refractivity contribution in [3.8, 4) is 0 Å². The lowest BCUT2D eigenvalue weighted by Gasteiger charge is -2.04. The van der Waals surface area contributed by atoms with Crippen molar-refractivity contribution in [2.45, 2.75) is 13.3 Å². The lowest BCUT2D eigenvalue weighted by Crippen LogP contribution is -1.95. The Balaban J connectivity index is 2.73. The zero-order valence-electron chi connectivity index (χ0n) is 8.14. The molecule has 0 aliphatic carbocycles. The van der Waals surface area contributed by atoms with Gasteiger partial charge < -0.3 is 0 Å². The van der Waals surface area contributed by atoms with E-state index in [2.05, 4.69) is 13.5 Å². The van der Waals surface area contributed by atoms with Crippen LogP contribution in [-0.4, -0.2) is 4.92 Å². The molecular formula is C11H13NO2. The SMILES string of the molecule is C=CC(C)Cc1ccc([N+](=O)[O-])cc1. The van der Waals surface area contributed by atoms with Crippen LogP contribution in [0.1, 0.15) is 12.5 Å². The van der Waals surface area contributed by atoms with E-state index in [9.17, 15) is 10.1 Å². The highest BCUT2D eigenvalue weighted by Crippen LogP contribution is 2.14. The molecular weight excluding hydrogens is 178 g/mol. The van der Waals surface area contributed by atoms with Gasteiger partial charge in [0.2, 0.25) is 0 Å². The molecule has 0 radical (unpaired) electrons. The third-order valence-corrected chi connectivity index (χ3v) is 2.11. The number of non-ortho nitro benzene ring substituents is 1. The first-order valence-electron chi connectivity index (χ1n) is 4.49. The number of allylic oxidation sites excluding steroid dienone is 1. The van der Waals surface area contributed by atoms with Crippen molar-refractivity contribution in [3.63, 3.8) is 0 Å². The predicted molar refractivity (Wildman–Crippen MR) is 56.2 cm³/mol. The van der Waals surface area contributed by atoms with Crippen LogP contribution in [0.3, 0.4) is 0 Å². The summed E-state index contributed by atoms with van der Waals surface area (Å²) in [7, 11) is 0. The average molecular weight is 191 g/mol. The molecule has 3 nitrogen and oxygen atoms in total. The molecule has 14 heavy (non-hydrogen) atoms. The van der Waals surface area contributed by atoms with E-state index in [4.69, 9.17) is 0 Å². The molecule has 0 amide bonds. The molecule has 0 N–H and O–H groups in total. The molecule has 0 saturated carbocycles. The van der Waals surface area contributed by atoms with Crippen LogP contribution in [0.15, 0.2) is 36.9 Å². The molecule has 3 heteroatoms. The van der Waals surface area contributed by atoms with Crippen molar-refractivity contribution in [1.82, 2.24) is 0 Å². The third kappa shape index (κ3) is 2.69. The number of nitro groups is 1. The van der Waals surface area contributed by atoms with E-state index in [1.165, 1.54) is 12.1 Å². The summed E-state index contributed by atoms with van der Waals surface area (Å²) >= 11 is 0. The van der Waals surface area contributed by atoms with Gasteiger partial charge in [0, 0.05) is 12.1 Å². The van der Waals surface area contributed by atoms with E-state index in [1.807, 2.05) is 6.08 Å². The van der Waals surface area contributed by atoms with Gasteiger partial charge in [-0.2, -0.15) is 0 Å². The van der Waals surface area contributed by atoms with Gasteiger partial charge in [0.05, 0.1) is 4.92 Å². The second-order valence-corrected chi connectivity index (χ2v) is 3.34. The van der Waals surface area contributed by atoms with Crippen LogP contribution in [0.5, 0.6) is 0 Å². The van der Waals surface area contributed by atoms with E-state index >= 15 is 0 Å². The number of rotatable bonds is 4. The first-order valence-corrected chi connectivity index (χ1v) is 4.49. The van der Waals surface area contributed by atoms with Gasteiger partial charge in [0.25, 0.3) is 5.69 Å². The molecule has 1 aromatic carbocycles. The van der Waals surface area contributed by atoms with Gasteiger partial charge in [-0.05, 0) is 17.9 Å². The quantitative estimate of drug-likeness (QED) is 0.417. The van der Waals surface area contributed by atoms with Crippen molar-refractivity contribution in [2.24, 2.45) is 5.92 Å². The van der Waals surface area contributed by atoms with Crippen molar-refractivity contribution < 1.29 is 4.92 Å². The summed E-state index contributed by atoms with van der Waals surface area (Å²) in [5.74, 6) is 0.399. The minimum Gasteiger partial charge on any atom is -0.258 e. The minimum absolute atomic E-state index is 0.139. The Morgan fingerprint density at radius 2 is 2.07 bits per heavy atom. The highest BCUT2D eigenvalue weighted by atomic mass is 16.6. The second kappa shape index (κ2) is 4.56. The molecule has 0 aliphatic heterocycles. The van der Waals surface area contributed by atoms with Crippen LogP contribution in [0, 0.1) is 16.0 Å². The monoisotopic (exact) mass is 191 g/mol. The van der Waals surface area contributed by atoms with Crippen LogP contribution >= 0.6 is 0 Å². The summed E-state index contributed by atoms with van der Waals surface area (Å²) in [5, 5.41) is 10.4. The largest absolute Gasteiger partial charge is 0.269 e. The Morgan fingerprint density at radius 3 is 2.50 bits per heavy atom. The smallest absolute Gasteiger partial charge is 0.258 e. The first-order chi connectivity index (χ1) is 6.63. The van der Waals surface area contributed by atoms with E-state index in [1.54, 1.807) is 12.1 Å². The van der Waals surface area contributed by atoms with E-state index < -0.39 is 0 Å². The number of nitrogens with zero attached hydrogens (tertiary/aromatic N) is 1. The van der Waals surface area contributed by atoms with Gasteiger partial charge in [0.1, 0.15) is 0 Å². The van der Waals surface area contributed by atoms with Crippen molar-refractivity contribution in [3.05, 3.63) is 52.6 Å². The van der Waals surface area contributed by atoms with Crippen LogP contribution in [0.4, 0.5) is 5.69 Å². The molecule has 0 aliphatic rings. The third-order valence-electron chi connectivity index (χ3n) is 2.11. The van der Waals surface area contributed by atoms with Gasteiger partial charge in [-0.1, -0.05) is 25.1 Å². The van der Waals surface area contributed by atoms with Gasteiger partial charge in [0.15, 0.2) is 0 Å². The summed E-state index contributed by atoms with van der Waals surface area (Å²) in [5.41, 5.74) is 1.24. The molecule has 1 aromatic rings. The first kappa shape index (κ1) is 10.4. The second-order valence-electron chi connectivity index (χ2n) is 3.34. The Morgan fingerprint density at radius 1 is 1.50 bits per heavy atom. The molecule has 0 aromatic heterocycles. The standard InChI is InChI=1S/C11H13NO2/c1-3-9(2)8-10-4-6-11(7-5-10)12(13)14/h3-7,9H,1,8H2,2H3. The van der Waals surface area contributed by atoms with Crippen molar-refractivity contribution in [2.75, 3.05) is 0 Å². The fourth-order valence-corrected chi connectivity index (χ4v) is 1.21. The molecule has 1 rings (SSSR count). The Hall–Kier alpha value is -1.64. The Bertz CT molecular complexity index is 330. The number of benzene rings is 1. The fraction of sp³-hybridized carbons (Fsp3) is 0.273. The van der Waals surface area contributed by atoms with Crippen LogP contribution in [0.2, 0.25) is 0 Å². The van der Waals surface area contributed by atoms with Gasteiger partial charge in [-0.3, -0.25) is 10.1 Å². The Kier molecular flexibility index (Phi) is 3.40. The molecule has 0 saturated heterocycles. The summed E-state index contributed by atoms with van der Waals surface area (Å²) in [6.07, 6.45) is 2.75. The minimum atomic E-state index is -0.388. The lowest BCUT2D eigenvalue weighted by atomic mass is 10.0. The van der Waals surface area contributed by atoms with Crippen molar-refractivity contribution in [1.29, 1.82) is 0 Å². The maximum absolute atomic E-state index is 10.4. The van der Waals surface area contributed by atoms with E-state index in [0.717, 1.165) is 12.0 Å². The van der Waals surface area contributed by atoms with E-state index in [0.29, 0.717) is 5.92 Å². The molecule has 74 valence electrons. The summed E-state index contributed by atoms with van der Waals surface area (Å²) in [6.45, 7) is 5.76. The normalized spacial score (nSPS) is 12.1. The number of nitro benzene ring substituents is 1.